The van der Waals surface area contributed by atoms with Crippen LogP contribution >= 0.6 is 11.3 Å². The summed E-state index contributed by atoms with van der Waals surface area (Å²) < 4.78 is 4.96. The second kappa shape index (κ2) is 7.76. The summed E-state index contributed by atoms with van der Waals surface area (Å²) in [6, 6.07) is 4.46. The molecule has 1 aromatic heterocycles. The van der Waals surface area contributed by atoms with E-state index >= 15 is 0 Å². The van der Waals surface area contributed by atoms with Crippen LogP contribution in [0.1, 0.15) is 23.1 Å². The van der Waals surface area contributed by atoms with Crippen LogP contribution in [0.4, 0.5) is 0 Å². The Balaban J connectivity index is 1.75. The second-order valence-corrected chi connectivity index (χ2v) is 6.37. The molecule has 0 radical (unpaired) electrons. The Labute approximate surface area is 125 Å². The molecule has 4 nitrogen and oxygen atoms in total. The van der Waals surface area contributed by atoms with E-state index in [-0.39, 0.29) is 5.91 Å². The molecule has 2 heterocycles. The summed E-state index contributed by atoms with van der Waals surface area (Å²) >= 11 is 1.91. The quantitative estimate of drug-likeness (QED) is 0.805. The van der Waals surface area contributed by atoms with Crippen LogP contribution < -0.4 is 0 Å². The molecule has 5 heteroatoms. The Bertz CT molecular complexity index is 425. The van der Waals surface area contributed by atoms with Gasteiger partial charge in [-0.25, -0.2) is 0 Å². The van der Waals surface area contributed by atoms with Crippen molar-refractivity contribution in [1.29, 1.82) is 0 Å². The highest BCUT2D eigenvalue weighted by atomic mass is 32.1. The van der Waals surface area contributed by atoms with Crippen LogP contribution in [0.15, 0.2) is 12.1 Å². The first-order valence-corrected chi connectivity index (χ1v) is 8.11. The van der Waals surface area contributed by atoms with Crippen LogP contribution in [0.5, 0.6) is 0 Å². The van der Waals surface area contributed by atoms with Gasteiger partial charge in [0.2, 0.25) is 5.91 Å². The third-order valence-electron chi connectivity index (χ3n) is 3.69. The van der Waals surface area contributed by atoms with Crippen molar-refractivity contribution in [2.24, 2.45) is 0 Å². The van der Waals surface area contributed by atoms with E-state index in [1.54, 1.807) is 7.11 Å². The highest BCUT2D eigenvalue weighted by molar-refractivity contribution is 7.11. The molecule has 0 aromatic carbocycles. The van der Waals surface area contributed by atoms with E-state index < -0.39 is 0 Å². The molecule has 0 aliphatic carbocycles. The molecule has 1 fully saturated rings. The van der Waals surface area contributed by atoms with E-state index in [4.69, 9.17) is 4.74 Å². The summed E-state index contributed by atoms with van der Waals surface area (Å²) in [5, 5.41) is 0. The number of piperazine rings is 1. The fourth-order valence-electron chi connectivity index (χ4n) is 2.42. The zero-order valence-corrected chi connectivity index (χ0v) is 13.2. The van der Waals surface area contributed by atoms with E-state index in [2.05, 4.69) is 24.0 Å². The Morgan fingerprint density at radius 3 is 2.55 bits per heavy atom. The fourth-order valence-corrected chi connectivity index (χ4v) is 3.42. The number of nitrogens with zero attached hydrogens (tertiary/aromatic N) is 2. The van der Waals surface area contributed by atoms with E-state index in [9.17, 15) is 4.79 Å². The van der Waals surface area contributed by atoms with Crippen molar-refractivity contribution < 1.29 is 9.53 Å². The van der Waals surface area contributed by atoms with Gasteiger partial charge >= 0.3 is 0 Å². The standard InChI is InChI=1S/C15H24N2O2S/c1-3-13-4-5-14(20-13)12-16-7-9-17(10-8-16)15(18)6-11-19-2/h4-5H,3,6-12H2,1-2H3. The average molecular weight is 296 g/mol. The number of methoxy groups -OCH3 is 1. The normalized spacial score (nSPS) is 16.6. The van der Waals surface area contributed by atoms with Crippen molar-refractivity contribution in [3.05, 3.63) is 21.9 Å². The molecule has 0 N–H and O–H groups in total. The molecule has 1 amide bonds. The summed E-state index contributed by atoms with van der Waals surface area (Å²) in [6.45, 7) is 7.36. The van der Waals surface area contributed by atoms with Crippen molar-refractivity contribution in [2.45, 2.75) is 26.3 Å². The molecule has 0 atom stereocenters. The number of carbonyl (C=O) groups is 1. The number of rotatable bonds is 6. The van der Waals surface area contributed by atoms with Crippen LogP contribution in [-0.2, 0) is 22.5 Å². The van der Waals surface area contributed by atoms with Gasteiger partial charge in [0, 0.05) is 49.6 Å². The Kier molecular flexibility index (Phi) is 6.01. The monoisotopic (exact) mass is 296 g/mol. The molecule has 0 bridgehead atoms. The molecule has 1 aliphatic heterocycles. The molecular weight excluding hydrogens is 272 g/mol. The minimum Gasteiger partial charge on any atom is -0.384 e. The molecule has 1 saturated heterocycles. The van der Waals surface area contributed by atoms with Gasteiger partial charge in [0.1, 0.15) is 0 Å². The molecule has 1 aromatic rings. The predicted molar refractivity (Wildman–Crippen MR) is 82.0 cm³/mol. The molecule has 1 aliphatic rings. The van der Waals surface area contributed by atoms with Crippen LogP contribution in [0, 0.1) is 0 Å². The van der Waals surface area contributed by atoms with Gasteiger partial charge in [-0.3, -0.25) is 9.69 Å². The van der Waals surface area contributed by atoms with Gasteiger partial charge in [0.15, 0.2) is 0 Å². The van der Waals surface area contributed by atoms with Crippen molar-refractivity contribution in [3.8, 4) is 0 Å². The summed E-state index contributed by atoms with van der Waals surface area (Å²) in [5.74, 6) is 0.218. The van der Waals surface area contributed by atoms with Gasteiger partial charge < -0.3 is 9.64 Å². The summed E-state index contributed by atoms with van der Waals surface area (Å²) in [4.78, 5) is 19.2. The zero-order valence-electron chi connectivity index (χ0n) is 12.4. The van der Waals surface area contributed by atoms with E-state index in [0.717, 1.165) is 39.1 Å². The molecule has 2 rings (SSSR count). The lowest BCUT2D eigenvalue weighted by atomic mass is 10.2. The first-order chi connectivity index (χ1) is 9.72. The maximum Gasteiger partial charge on any atom is 0.224 e. The number of amides is 1. The average Bonchev–Trinajstić information content (AvgIpc) is 2.93. The van der Waals surface area contributed by atoms with Gasteiger partial charge in [-0.05, 0) is 18.6 Å². The first kappa shape index (κ1) is 15.5. The fraction of sp³-hybridized carbons (Fsp3) is 0.667. The molecule has 0 saturated carbocycles. The lowest BCUT2D eigenvalue weighted by Crippen LogP contribution is -2.48. The third-order valence-corrected chi connectivity index (χ3v) is 4.90. The number of thiophene rings is 1. The van der Waals surface area contributed by atoms with E-state index in [1.807, 2.05) is 16.2 Å². The maximum atomic E-state index is 11.9. The van der Waals surface area contributed by atoms with Crippen LogP contribution in [0.3, 0.4) is 0 Å². The lowest BCUT2D eigenvalue weighted by molar-refractivity contribution is -0.133. The highest BCUT2D eigenvalue weighted by Crippen LogP contribution is 2.19. The second-order valence-electron chi connectivity index (χ2n) is 5.12. The Hall–Kier alpha value is -0.910. The number of ether oxygens (including phenoxy) is 1. The smallest absolute Gasteiger partial charge is 0.224 e. The number of aryl methyl sites for hydroxylation is 1. The Morgan fingerprint density at radius 2 is 1.95 bits per heavy atom. The summed E-state index contributed by atoms with van der Waals surface area (Å²) in [7, 11) is 1.64. The van der Waals surface area contributed by atoms with E-state index in [0.29, 0.717) is 13.0 Å². The molecular formula is C15H24N2O2S. The van der Waals surface area contributed by atoms with Crippen LogP contribution in [-0.4, -0.2) is 55.6 Å². The summed E-state index contributed by atoms with van der Waals surface area (Å²) in [5.41, 5.74) is 0. The van der Waals surface area contributed by atoms with Crippen molar-refractivity contribution in [3.63, 3.8) is 0 Å². The zero-order chi connectivity index (χ0) is 14.4. The van der Waals surface area contributed by atoms with Gasteiger partial charge in [0.05, 0.1) is 13.0 Å². The topological polar surface area (TPSA) is 32.8 Å². The minimum absolute atomic E-state index is 0.218. The number of hydrogen-bond acceptors (Lipinski definition) is 4. The molecule has 20 heavy (non-hydrogen) atoms. The van der Waals surface area contributed by atoms with Crippen LogP contribution in [0.25, 0.3) is 0 Å². The maximum absolute atomic E-state index is 11.9. The van der Waals surface area contributed by atoms with Gasteiger partial charge in [0.25, 0.3) is 0 Å². The first-order valence-electron chi connectivity index (χ1n) is 7.29. The molecule has 0 unspecified atom stereocenters. The van der Waals surface area contributed by atoms with Crippen LogP contribution in [0.2, 0.25) is 0 Å². The molecule has 112 valence electrons. The number of hydrogen-bond donors (Lipinski definition) is 0. The minimum atomic E-state index is 0.218. The highest BCUT2D eigenvalue weighted by Gasteiger charge is 2.20. The van der Waals surface area contributed by atoms with Gasteiger partial charge in [-0.2, -0.15) is 0 Å². The van der Waals surface area contributed by atoms with E-state index in [1.165, 1.54) is 9.75 Å². The largest absolute Gasteiger partial charge is 0.384 e. The third kappa shape index (κ3) is 4.30. The number of carbonyl (C=O) groups excluding carboxylic acids is 1. The van der Waals surface area contributed by atoms with Gasteiger partial charge in [-0.1, -0.05) is 6.92 Å². The van der Waals surface area contributed by atoms with Gasteiger partial charge in [-0.15, -0.1) is 11.3 Å². The van der Waals surface area contributed by atoms with Crippen molar-refractivity contribution in [1.82, 2.24) is 9.80 Å². The lowest BCUT2D eigenvalue weighted by Gasteiger charge is -2.34. The van der Waals surface area contributed by atoms with Crippen molar-refractivity contribution >= 4 is 17.2 Å². The SMILES string of the molecule is CCc1ccc(CN2CCN(C(=O)CCOC)CC2)s1. The van der Waals surface area contributed by atoms with Crippen molar-refractivity contribution in [2.75, 3.05) is 39.9 Å². The molecule has 0 spiro atoms. The Morgan fingerprint density at radius 1 is 1.25 bits per heavy atom. The summed E-state index contributed by atoms with van der Waals surface area (Å²) in [6.07, 6.45) is 1.62. The predicted octanol–water partition coefficient (Wildman–Crippen LogP) is 1.99.